The molecular weight excluding hydrogens is 306 g/mol. The van der Waals surface area contributed by atoms with Crippen LogP contribution in [0.4, 0.5) is 0 Å². The summed E-state index contributed by atoms with van der Waals surface area (Å²) in [5.41, 5.74) is 1.61. The maximum atomic E-state index is 10.4. The van der Waals surface area contributed by atoms with Gasteiger partial charge in [0, 0.05) is 6.42 Å². The Kier molecular flexibility index (Phi) is 3.81. The molecule has 1 aliphatic carbocycles. The van der Waals surface area contributed by atoms with E-state index < -0.39 is 6.10 Å². The molecule has 0 spiro atoms. The van der Waals surface area contributed by atoms with Crippen LogP contribution in [0.2, 0.25) is 0 Å². The second kappa shape index (κ2) is 6.12. The summed E-state index contributed by atoms with van der Waals surface area (Å²) >= 11 is 0. The fraction of sp³-hybridized carbons (Fsp3) is 0.438. The SMILES string of the molecule is CC(c1nnnn1C1CC1)n1cc(C(O)Cc2ccccc2)nn1. The fourth-order valence-electron chi connectivity index (χ4n) is 2.75. The average molecular weight is 325 g/mol. The normalized spacial score (nSPS) is 16.9. The Hall–Kier alpha value is -2.61. The molecule has 1 N–H and O–H groups in total. The van der Waals surface area contributed by atoms with Crippen molar-refractivity contribution in [3.63, 3.8) is 0 Å². The van der Waals surface area contributed by atoms with Crippen molar-refractivity contribution in [3.05, 3.63) is 53.6 Å². The zero-order chi connectivity index (χ0) is 16.5. The van der Waals surface area contributed by atoms with Gasteiger partial charge >= 0.3 is 0 Å². The van der Waals surface area contributed by atoms with E-state index >= 15 is 0 Å². The molecule has 24 heavy (non-hydrogen) atoms. The highest BCUT2D eigenvalue weighted by molar-refractivity contribution is 5.17. The van der Waals surface area contributed by atoms with Gasteiger partial charge in [-0.05, 0) is 35.8 Å². The van der Waals surface area contributed by atoms with Crippen molar-refractivity contribution in [3.8, 4) is 0 Å². The van der Waals surface area contributed by atoms with Gasteiger partial charge in [-0.3, -0.25) is 0 Å². The van der Waals surface area contributed by atoms with E-state index in [1.54, 1.807) is 10.9 Å². The van der Waals surface area contributed by atoms with Gasteiger partial charge in [0.15, 0.2) is 5.82 Å². The highest BCUT2D eigenvalue weighted by Gasteiger charge is 2.30. The number of aliphatic hydroxyl groups is 1. The molecule has 8 heteroatoms. The molecule has 2 heterocycles. The first kappa shape index (κ1) is 14.9. The Morgan fingerprint density at radius 2 is 1.96 bits per heavy atom. The van der Waals surface area contributed by atoms with E-state index in [0.717, 1.165) is 24.2 Å². The number of benzene rings is 1. The Labute approximate surface area is 139 Å². The largest absolute Gasteiger partial charge is 0.386 e. The first-order chi connectivity index (χ1) is 11.7. The summed E-state index contributed by atoms with van der Waals surface area (Å²) in [6.07, 6.45) is 3.82. The zero-order valence-electron chi connectivity index (χ0n) is 13.4. The monoisotopic (exact) mass is 325 g/mol. The standard InChI is InChI=1S/C16H19N7O/c1-11(16-18-19-21-23(16)13-7-8-13)22-10-14(17-20-22)15(24)9-12-5-3-2-4-6-12/h2-6,10-11,13,15,24H,7-9H2,1H3. The van der Waals surface area contributed by atoms with Gasteiger partial charge in [-0.15, -0.1) is 10.2 Å². The van der Waals surface area contributed by atoms with Crippen LogP contribution in [0.1, 0.15) is 55.0 Å². The van der Waals surface area contributed by atoms with Gasteiger partial charge in [-0.25, -0.2) is 9.36 Å². The maximum absolute atomic E-state index is 10.4. The molecule has 2 unspecified atom stereocenters. The van der Waals surface area contributed by atoms with E-state index in [4.69, 9.17) is 0 Å². The molecule has 8 nitrogen and oxygen atoms in total. The lowest BCUT2D eigenvalue weighted by molar-refractivity contribution is 0.173. The van der Waals surface area contributed by atoms with Gasteiger partial charge in [0.2, 0.25) is 0 Å². The predicted octanol–water partition coefficient (Wildman–Crippen LogP) is 1.48. The summed E-state index contributed by atoms with van der Waals surface area (Å²) in [5, 5.41) is 30.6. The smallest absolute Gasteiger partial charge is 0.176 e. The molecule has 1 saturated carbocycles. The topological polar surface area (TPSA) is 94.5 Å². The minimum absolute atomic E-state index is 0.134. The summed E-state index contributed by atoms with van der Waals surface area (Å²) in [6.45, 7) is 1.98. The van der Waals surface area contributed by atoms with Gasteiger partial charge in [-0.2, -0.15) is 0 Å². The minimum atomic E-state index is -0.687. The number of tetrazole rings is 1. The molecule has 0 bridgehead atoms. The number of hydrogen-bond donors (Lipinski definition) is 1. The molecule has 3 aromatic rings. The van der Waals surface area contributed by atoms with Crippen molar-refractivity contribution < 1.29 is 5.11 Å². The summed E-state index contributed by atoms with van der Waals surface area (Å²) in [4.78, 5) is 0. The average Bonchev–Trinajstić information content (AvgIpc) is 3.13. The molecule has 0 saturated heterocycles. The molecule has 1 aliphatic rings. The van der Waals surface area contributed by atoms with Crippen LogP contribution in [-0.2, 0) is 6.42 Å². The van der Waals surface area contributed by atoms with Crippen molar-refractivity contribution in [2.75, 3.05) is 0 Å². The van der Waals surface area contributed by atoms with Gasteiger partial charge in [0.05, 0.1) is 12.2 Å². The van der Waals surface area contributed by atoms with Crippen molar-refractivity contribution >= 4 is 0 Å². The van der Waals surface area contributed by atoms with E-state index in [0.29, 0.717) is 18.2 Å². The van der Waals surface area contributed by atoms with Gasteiger partial charge in [0.25, 0.3) is 0 Å². The Bertz CT molecular complexity index is 809. The quantitative estimate of drug-likeness (QED) is 0.738. The van der Waals surface area contributed by atoms with Crippen LogP contribution in [0.15, 0.2) is 36.5 Å². The third-order valence-corrected chi connectivity index (χ3v) is 4.32. The summed E-state index contributed by atoms with van der Waals surface area (Å²) in [5.74, 6) is 0.770. The zero-order valence-corrected chi connectivity index (χ0v) is 13.4. The van der Waals surface area contributed by atoms with E-state index in [-0.39, 0.29) is 6.04 Å². The molecule has 4 rings (SSSR count). The first-order valence-corrected chi connectivity index (χ1v) is 8.14. The van der Waals surface area contributed by atoms with Crippen LogP contribution in [0.5, 0.6) is 0 Å². The van der Waals surface area contributed by atoms with Crippen molar-refractivity contribution in [2.45, 2.75) is 44.4 Å². The van der Waals surface area contributed by atoms with Crippen LogP contribution in [0.3, 0.4) is 0 Å². The summed E-state index contributed by atoms with van der Waals surface area (Å²) in [7, 11) is 0. The second-order valence-corrected chi connectivity index (χ2v) is 6.22. The van der Waals surface area contributed by atoms with Crippen LogP contribution in [-0.4, -0.2) is 40.3 Å². The molecule has 2 aromatic heterocycles. The third-order valence-electron chi connectivity index (χ3n) is 4.32. The fourth-order valence-corrected chi connectivity index (χ4v) is 2.75. The van der Waals surface area contributed by atoms with Crippen molar-refractivity contribution in [1.29, 1.82) is 0 Å². The van der Waals surface area contributed by atoms with Crippen LogP contribution >= 0.6 is 0 Å². The molecule has 0 aliphatic heterocycles. The van der Waals surface area contributed by atoms with E-state index in [1.165, 1.54) is 0 Å². The summed E-state index contributed by atoms with van der Waals surface area (Å²) in [6, 6.07) is 10.1. The van der Waals surface area contributed by atoms with Crippen LogP contribution in [0, 0.1) is 0 Å². The molecule has 0 amide bonds. The minimum Gasteiger partial charge on any atom is -0.386 e. The molecule has 1 fully saturated rings. The lowest BCUT2D eigenvalue weighted by Crippen LogP contribution is -2.14. The van der Waals surface area contributed by atoms with Crippen molar-refractivity contribution in [2.24, 2.45) is 0 Å². The van der Waals surface area contributed by atoms with Gasteiger partial charge in [-0.1, -0.05) is 35.5 Å². The first-order valence-electron chi connectivity index (χ1n) is 8.14. The summed E-state index contributed by atoms with van der Waals surface area (Å²) < 4.78 is 3.57. The van der Waals surface area contributed by atoms with Crippen LogP contribution < -0.4 is 0 Å². The highest BCUT2D eigenvalue weighted by atomic mass is 16.3. The lowest BCUT2D eigenvalue weighted by Gasteiger charge is -2.11. The number of rotatable bonds is 6. The van der Waals surface area contributed by atoms with Gasteiger partial charge < -0.3 is 5.11 Å². The third kappa shape index (κ3) is 2.92. The molecule has 1 aromatic carbocycles. The molecule has 2 atom stereocenters. The van der Waals surface area contributed by atoms with E-state index in [9.17, 15) is 5.11 Å². The Morgan fingerprint density at radius 3 is 2.71 bits per heavy atom. The van der Waals surface area contributed by atoms with E-state index in [1.807, 2.05) is 41.9 Å². The number of aliphatic hydroxyl groups excluding tert-OH is 1. The van der Waals surface area contributed by atoms with Gasteiger partial charge in [0.1, 0.15) is 17.8 Å². The molecular formula is C16H19N7O. The Morgan fingerprint density at radius 1 is 1.17 bits per heavy atom. The lowest BCUT2D eigenvalue weighted by atomic mass is 10.1. The van der Waals surface area contributed by atoms with Crippen LogP contribution in [0.25, 0.3) is 0 Å². The molecule has 124 valence electrons. The van der Waals surface area contributed by atoms with Crippen molar-refractivity contribution in [1.82, 2.24) is 35.2 Å². The maximum Gasteiger partial charge on any atom is 0.176 e. The highest BCUT2D eigenvalue weighted by Crippen LogP contribution is 2.35. The Balaban J connectivity index is 1.50. The number of nitrogens with zero attached hydrogens (tertiary/aromatic N) is 7. The number of aromatic nitrogens is 7. The molecule has 0 radical (unpaired) electrons. The number of hydrogen-bond acceptors (Lipinski definition) is 6. The second-order valence-electron chi connectivity index (χ2n) is 6.22. The predicted molar refractivity (Wildman–Crippen MR) is 85.0 cm³/mol. The van der Waals surface area contributed by atoms with E-state index in [2.05, 4.69) is 25.8 Å².